The third-order valence-electron chi connectivity index (χ3n) is 4.66. The van der Waals surface area contributed by atoms with Gasteiger partial charge in [0.2, 0.25) is 5.91 Å². The average molecular weight is 338 g/mol. The van der Waals surface area contributed by atoms with Crippen molar-refractivity contribution in [3.8, 4) is 11.4 Å². The summed E-state index contributed by atoms with van der Waals surface area (Å²) in [5, 5.41) is 6.83. The summed E-state index contributed by atoms with van der Waals surface area (Å²) in [6, 6.07) is 3.94. The van der Waals surface area contributed by atoms with E-state index in [4.69, 9.17) is 4.98 Å². The highest BCUT2D eigenvalue weighted by atomic mass is 16.2. The third kappa shape index (κ3) is 3.19. The highest BCUT2D eigenvalue weighted by molar-refractivity contribution is 5.80. The van der Waals surface area contributed by atoms with Crippen LogP contribution in [0.4, 0.5) is 5.82 Å². The minimum Gasteiger partial charge on any atom is -0.365 e. The maximum Gasteiger partial charge on any atom is 0.224 e. The minimum absolute atomic E-state index is 0.0976. The van der Waals surface area contributed by atoms with Gasteiger partial charge in [0.1, 0.15) is 5.82 Å². The molecule has 25 heavy (non-hydrogen) atoms. The van der Waals surface area contributed by atoms with Crippen molar-refractivity contribution in [2.45, 2.75) is 38.9 Å². The van der Waals surface area contributed by atoms with E-state index in [-0.39, 0.29) is 11.9 Å². The van der Waals surface area contributed by atoms with Crippen LogP contribution in [0, 0.1) is 0 Å². The fourth-order valence-corrected chi connectivity index (χ4v) is 3.46. The zero-order chi connectivity index (χ0) is 17.2. The van der Waals surface area contributed by atoms with Crippen molar-refractivity contribution < 1.29 is 4.79 Å². The van der Waals surface area contributed by atoms with Crippen molar-refractivity contribution in [2.24, 2.45) is 0 Å². The van der Waals surface area contributed by atoms with Gasteiger partial charge in [0.15, 0.2) is 5.82 Å². The molecule has 2 aromatic rings. The molecular formula is C18H22N6O. The highest BCUT2D eigenvalue weighted by Crippen LogP contribution is 2.27. The minimum atomic E-state index is 0.0976. The van der Waals surface area contributed by atoms with Crippen molar-refractivity contribution in [1.82, 2.24) is 25.2 Å². The summed E-state index contributed by atoms with van der Waals surface area (Å²) in [7, 11) is 0. The van der Waals surface area contributed by atoms with Gasteiger partial charge in [-0.25, -0.2) is 9.97 Å². The van der Waals surface area contributed by atoms with Crippen molar-refractivity contribution in [1.29, 1.82) is 0 Å². The van der Waals surface area contributed by atoms with Crippen LogP contribution in [0.1, 0.15) is 31.0 Å². The van der Waals surface area contributed by atoms with Gasteiger partial charge in [0.25, 0.3) is 0 Å². The van der Waals surface area contributed by atoms with Crippen LogP contribution < -0.4 is 10.6 Å². The van der Waals surface area contributed by atoms with Gasteiger partial charge in [-0.15, -0.1) is 0 Å². The molecule has 2 N–H and O–H groups in total. The Morgan fingerprint density at radius 1 is 1.36 bits per heavy atom. The van der Waals surface area contributed by atoms with Crippen LogP contribution in [-0.2, 0) is 17.9 Å². The maximum absolute atomic E-state index is 12.1. The van der Waals surface area contributed by atoms with E-state index in [1.54, 1.807) is 12.4 Å². The van der Waals surface area contributed by atoms with Crippen LogP contribution in [0.25, 0.3) is 11.4 Å². The van der Waals surface area contributed by atoms with Crippen LogP contribution in [-0.4, -0.2) is 44.9 Å². The highest BCUT2D eigenvalue weighted by Gasteiger charge is 2.30. The molecule has 7 nitrogen and oxygen atoms in total. The number of likely N-dealkylation sites (tertiary alicyclic amines) is 1. The van der Waals surface area contributed by atoms with Crippen LogP contribution in [0.15, 0.2) is 24.5 Å². The van der Waals surface area contributed by atoms with E-state index in [9.17, 15) is 4.79 Å². The molecule has 7 heteroatoms. The summed E-state index contributed by atoms with van der Waals surface area (Å²) < 4.78 is 0. The first kappa shape index (κ1) is 16.0. The van der Waals surface area contributed by atoms with Crippen LogP contribution in [0.3, 0.4) is 0 Å². The molecule has 2 aromatic heterocycles. The largest absolute Gasteiger partial charge is 0.365 e. The molecule has 0 unspecified atom stereocenters. The zero-order valence-corrected chi connectivity index (χ0v) is 14.3. The number of aromatic nitrogens is 3. The van der Waals surface area contributed by atoms with Gasteiger partial charge in [-0.3, -0.25) is 9.78 Å². The maximum atomic E-state index is 12.1. The lowest BCUT2D eigenvalue weighted by Gasteiger charge is -2.18. The second-order valence-electron chi connectivity index (χ2n) is 6.55. The average Bonchev–Trinajstić information content (AvgIpc) is 3.23. The Labute approximate surface area is 146 Å². The standard InChI is InChI=1S/C18H22N6O/c1-2-6-24-11-13(7-16(24)25)21-18-14-9-20-10-15(14)22-17(23-18)12-4-3-5-19-8-12/h3-5,8,13,20H,2,6-7,9-11H2,1H3,(H,21,22,23)/t13-/m1/s1. The van der Waals surface area contributed by atoms with E-state index in [1.807, 2.05) is 17.0 Å². The van der Waals surface area contributed by atoms with Gasteiger partial charge in [0.05, 0.1) is 11.7 Å². The molecule has 4 heterocycles. The number of nitrogens with one attached hydrogen (secondary N) is 2. The van der Waals surface area contributed by atoms with E-state index in [2.05, 4.69) is 27.5 Å². The fraction of sp³-hybridized carbons (Fsp3) is 0.444. The number of nitrogens with zero attached hydrogens (tertiary/aromatic N) is 4. The quantitative estimate of drug-likeness (QED) is 0.861. The van der Waals surface area contributed by atoms with Gasteiger partial charge in [-0.2, -0.15) is 0 Å². The molecule has 0 aromatic carbocycles. The Bertz CT molecular complexity index is 779. The predicted molar refractivity (Wildman–Crippen MR) is 94.7 cm³/mol. The molecule has 0 radical (unpaired) electrons. The van der Waals surface area contributed by atoms with Gasteiger partial charge in [0, 0.05) is 56.1 Å². The molecule has 1 fully saturated rings. The monoisotopic (exact) mass is 338 g/mol. The summed E-state index contributed by atoms with van der Waals surface area (Å²) in [6.45, 7) is 5.15. The van der Waals surface area contributed by atoms with Crippen molar-refractivity contribution in [3.63, 3.8) is 0 Å². The lowest BCUT2D eigenvalue weighted by atomic mass is 10.2. The summed E-state index contributed by atoms with van der Waals surface area (Å²) in [4.78, 5) is 27.6. The lowest BCUT2D eigenvalue weighted by Crippen LogP contribution is -2.29. The second kappa shape index (κ2) is 6.76. The number of carbonyl (C=O) groups excluding carboxylic acids is 1. The first-order chi connectivity index (χ1) is 12.2. The molecule has 0 aliphatic carbocycles. The molecule has 0 bridgehead atoms. The number of rotatable bonds is 5. The van der Waals surface area contributed by atoms with Gasteiger partial charge in [-0.05, 0) is 18.6 Å². The summed E-state index contributed by atoms with van der Waals surface area (Å²) >= 11 is 0. The zero-order valence-electron chi connectivity index (χ0n) is 14.3. The van der Waals surface area contributed by atoms with E-state index in [0.717, 1.165) is 55.2 Å². The number of amides is 1. The molecule has 1 amide bonds. The molecule has 0 saturated carbocycles. The Hall–Kier alpha value is -2.54. The first-order valence-corrected chi connectivity index (χ1v) is 8.80. The van der Waals surface area contributed by atoms with Crippen LogP contribution in [0.5, 0.6) is 0 Å². The SMILES string of the molecule is CCCN1C[C@H](Nc2nc(-c3cccnc3)nc3c2CNC3)CC1=O. The van der Waals surface area contributed by atoms with Crippen molar-refractivity contribution >= 4 is 11.7 Å². The van der Waals surface area contributed by atoms with E-state index in [0.29, 0.717) is 12.2 Å². The Morgan fingerprint density at radius 3 is 3.08 bits per heavy atom. The van der Waals surface area contributed by atoms with E-state index < -0.39 is 0 Å². The van der Waals surface area contributed by atoms with Crippen LogP contribution in [0.2, 0.25) is 0 Å². The number of carbonyl (C=O) groups is 1. The Balaban J connectivity index is 1.61. The fourth-order valence-electron chi connectivity index (χ4n) is 3.46. The smallest absolute Gasteiger partial charge is 0.224 e. The topological polar surface area (TPSA) is 83.0 Å². The first-order valence-electron chi connectivity index (χ1n) is 8.80. The predicted octanol–water partition coefficient (Wildman–Crippen LogP) is 1.56. The van der Waals surface area contributed by atoms with E-state index in [1.165, 1.54) is 0 Å². The Kier molecular flexibility index (Phi) is 4.31. The number of anilines is 1. The van der Waals surface area contributed by atoms with Crippen molar-refractivity contribution in [3.05, 3.63) is 35.8 Å². The normalized spacial score (nSPS) is 19.3. The Morgan fingerprint density at radius 2 is 2.28 bits per heavy atom. The van der Waals surface area contributed by atoms with E-state index >= 15 is 0 Å². The molecule has 2 aliphatic rings. The summed E-state index contributed by atoms with van der Waals surface area (Å²) in [5.41, 5.74) is 3.02. The number of fused-ring (bicyclic) bond motifs is 1. The molecule has 130 valence electrons. The van der Waals surface area contributed by atoms with Gasteiger partial charge < -0.3 is 15.5 Å². The lowest BCUT2D eigenvalue weighted by molar-refractivity contribution is -0.127. The molecule has 4 rings (SSSR count). The summed E-state index contributed by atoms with van der Waals surface area (Å²) in [5.74, 6) is 1.73. The summed E-state index contributed by atoms with van der Waals surface area (Å²) in [6.07, 6.45) is 5.02. The van der Waals surface area contributed by atoms with Crippen LogP contribution >= 0.6 is 0 Å². The van der Waals surface area contributed by atoms with Gasteiger partial charge in [-0.1, -0.05) is 6.92 Å². The third-order valence-corrected chi connectivity index (χ3v) is 4.66. The number of pyridine rings is 1. The number of hydrogen-bond acceptors (Lipinski definition) is 6. The number of hydrogen-bond donors (Lipinski definition) is 2. The molecule has 1 saturated heterocycles. The molecule has 1 atom stereocenters. The van der Waals surface area contributed by atoms with Crippen molar-refractivity contribution in [2.75, 3.05) is 18.4 Å². The van der Waals surface area contributed by atoms with Gasteiger partial charge >= 0.3 is 0 Å². The molecular weight excluding hydrogens is 316 g/mol. The molecule has 2 aliphatic heterocycles. The second-order valence-corrected chi connectivity index (χ2v) is 6.55. The molecule has 0 spiro atoms.